The number of halogens is 2. The van der Waals surface area contributed by atoms with Gasteiger partial charge in [-0.3, -0.25) is 4.79 Å². The fourth-order valence-electron chi connectivity index (χ4n) is 2.87. The van der Waals surface area contributed by atoms with E-state index >= 15 is 0 Å². The molecule has 0 aliphatic heterocycles. The number of rotatable bonds is 5. The fraction of sp³-hybridized carbons (Fsp3) is 0.150. The van der Waals surface area contributed by atoms with Gasteiger partial charge in [0.1, 0.15) is 5.82 Å². The molecule has 8 heteroatoms. The summed E-state index contributed by atoms with van der Waals surface area (Å²) in [5.74, 6) is 0.180. The van der Waals surface area contributed by atoms with Crippen LogP contribution in [0.2, 0.25) is 0 Å². The van der Waals surface area contributed by atoms with Gasteiger partial charge < -0.3 is 5.32 Å². The van der Waals surface area contributed by atoms with Crippen molar-refractivity contribution in [2.24, 2.45) is 0 Å². The quantitative estimate of drug-likeness (QED) is 0.473. The first kappa shape index (κ1) is 18.8. The molecule has 0 bridgehead atoms. The van der Waals surface area contributed by atoms with Crippen LogP contribution in [0.25, 0.3) is 16.3 Å². The molecule has 0 fully saturated rings. The second-order valence-electron chi connectivity index (χ2n) is 6.23. The minimum Gasteiger partial charge on any atom is -0.352 e. The fourth-order valence-corrected chi connectivity index (χ4v) is 4.39. The molecule has 142 valence electrons. The first-order chi connectivity index (χ1) is 13.5. The summed E-state index contributed by atoms with van der Waals surface area (Å²) in [4.78, 5) is 18.7. The molecular formula is C20H16BrFN4OS. The van der Waals surface area contributed by atoms with Gasteiger partial charge in [0.15, 0.2) is 5.82 Å². The maximum absolute atomic E-state index is 13.1. The number of benzene rings is 2. The number of carbonyl (C=O) groups excluding carboxylic acids is 1. The molecule has 0 saturated heterocycles. The largest absolute Gasteiger partial charge is 0.352 e. The van der Waals surface area contributed by atoms with Crippen molar-refractivity contribution < 1.29 is 9.18 Å². The van der Waals surface area contributed by atoms with E-state index in [9.17, 15) is 9.18 Å². The molecule has 4 aromatic rings. The van der Waals surface area contributed by atoms with Gasteiger partial charge >= 0.3 is 0 Å². The van der Waals surface area contributed by atoms with Crippen LogP contribution in [0.5, 0.6) is 0 Å². The summed E-state index contributed by atoms with van der Waals surface area (Å²) in [6.07, 6.45) is 0.698. The summed E-state index contributed by atoms with van der Waals surface area (Å²) in [6.45, 7) is 2.51. The summed E-state index contributed by atoms with van der Waals surface area (Å²) in [5.41, 5.74) is 2.39. The zero-order chi connectivity index (χ0) is 19.7. The molecule has 0 saturated carbocycles. The van der Waals surface area contributed by atoms with Gasteiger partial charge in [0.05, 0.1) is 11.3 Å². The third-order valence-electron chi connectivity index (χ3n) is 4.37. The van der Waals surface area contributed by atoms with Crippen molar-refractivity contribution in [1.29, 1.82) is 0 Å². The van der Waals surface area contributed by atoms with E-state index in [0.29, 0.717) is 24.4 Å². The third kappa shape index (κ3) is 3.70. The molecule has 0 radical (unpaired) electrons. The van der Waals surface area contributed by atoms with Crippen molar-refractivity contribution in [3.8, 4) is 11.4 Å². The van der Waals surface area contributed by atoms with Crippen LogP contribution in [-0.2, 0) is 6.42 Å². The van der Waals surface area contributed by atoms with Crippen LogP contribution >= 0.6 is 27.3 Å². The van der Waals surface area contributed by atoms with Gasteiger partial charge in [-0.25, -0.2) is 8.91 Å². The zero-order valence-electron chi connectivity index (χ0n) is 14.9. The standard InChI is InChI=1S/C20H16BrFN4OS/c1-12-17(10-11-23-19(27)15-4-2-3-5-16(15)21)28-20-24-18(25-26(12)20)13-6-8-14(22)9-7-13/h2-9H,10-11H2,1H3,(H,23,27). The van der Waals surface area contributed by atoms with Gasteiger partial charge in [0.2, 0.25) is 4.96 Å². The Morgan fingerprint density at radius 3 is 2.68 bits per heavy atom. The molecule has 5 nitrogen and oxygen atoms in total. The molecule has 4 rings (SSSR count). The first-order valence-corrected chi connectivity index (χ1v) is 10.3. The average molecular weight is 459 g/mol. The maximum atomic E-state index is 13.1. The molecule has 1 N–H and O–H groups in total. The number of hydrogen-bond acceptors (Lipinski definition) is 4. The summed E-state index contributed by atoms with van der Waals surface area (Å²) >= 11 is 4.94. The number of aryl methyl sites for hydroxylation is 1. The Labute approximate surface area is 173 Å². The molecule has 0 aliphatic rings. The molecule has 0 aliphatic carbocycles. The van der Waals surface area contributed by atoms with E-state index in [1.54, 1.807) is 34.1 Å². The number of nitrogens with zero attached hydrogens (tertiary/aromatic N) is 3. The lowest BCUT2D eigenvalue weighted by Gasteiger charge is -2.06. The predicted molar refractivity (Wildman–Crippen MR) is 111 cm³/mol. The van der Waals surface area contributed by atoms with Crippen molar-refractivity contribution in [1.82, 2.24) is 19.9 Å². The Kier molecular flexibility index (Phi) is 5.23. The normalized spacial score (nSPS) is 11.1. The maximum Gasteiger partial charge on any atom is 0.252 e. The van der Waals surface area contributed by atoms with E-state index < -0.39 is 0 Å². The predicted octanol–water partition coefficient (Wildman–Crippen LogP) is 4.64. The van der Waals surface area contributed by atoms with Crippen molar-refractivity contribution in [2.45, 2.75) is 13.3 Å². The Balaban J connectivity index is 1.45. The smallest absolute Gasteiger partial charge is 0.252 e. The Morgan fingerprint density at radius 2 is 1.96 bits per heavy atom. The van der Waals surface area contributed by atoms with Gasteiger partial charge in [-0.05, 0) is 59.3 Å². The summed E-state index contributed by atoms with van der Waals surface area (Å²) in [6, 6.07) is 13.5. The van der Waals surface area contributed by atoms with Crippen molar-refractivity contribution in [3.05, 3.63) is 75.0 Å². The molecule has 28 heavy (non-hydrogen) atoms. The highest BCUT2D eigenvalue weighted by Gasteiger charge is 2.15. The Bertz CT molecular complexity index is 1150. The number of amides is 1. The lowest BCUT2D eigenvalue weighted by molar-refractivity contribution is 0.0953. The van der Waals surface area contributed by atoms with E-state index in [4.69, 9.17) is 0 Å². The molecular weight excluding hydrogens is 443 g/mol. The van der Waals surface area contributed by atoms with Gasteiger partial charge in [-0.15, -0.1) is 5.10 Å². The van der Waals surface area contributed by atoms with Crippen LogP contribution in [0, 0.1) is 12.7 Å². The Morgan fingerprint density at radius 1 is 1.21 bits per heavy atom. The lowest BCUT2D eigenvalue weighted by Crippen LogP contribution is -2.26. The first-order valence-electron chi connectivity index (χ1n) is 8.66. The number of fused-ring (bicyclic) bond motifs is 1. The SMILES string of the molecule is Cc1c(CCNC(=O)c2ccccc2Br)sc2nc(-c3ccc(F)cc3)nn12. The molecule has 2 aromatic carbocycles. The summed E-state index contributed by atoms with van der Waals surface area (Å²) < 4.78 is 15.7. The summed E-state index contributed by atoms with van der Waals surface area (Å²) in [5, 5.41) is 7.48. The van der Waals surface area contributed by atoms with Crippen LogP contribution in [0.3, 0.4) is 0 Å². The van der Waals surface area contributed by atoms with Gasteiger partial charge in [0, 0.05) is 27.9 Å². The second-order valence-corrected chi connectivity index (χ2v) is 8.15. The number of carbonyl (C=O) groups is 1. The molecule has 0 unspecified atom stereocenters. The zero-order valence-corrected chi connectivity index (χ0v) is 17.3. The molecule has 2 aromatic heterocycles. The molecule has 1 amide bonds. The number of aromatic nitrogens is 3. The summed E-state index contributed by atoms with van der Waals surface area (Å²) in [7, 11) is 0. The van der Waals surface area contributed by atoms with Crippen LogP contribution in [0.1, 0.15) is 20.9 Å². The van der Waals surface area contributed by atoms with Gasteiger partial charge in [-0.1, -0.05) is 23.5 Å². The van der Waals surface area contributed by atoms with Crippen LogP contribution in [-0.4, -0.2) is 27.0 Å². The van der Waals surface area contributed by atoms with E-state index in [2.05, 4.69) is 31.3 Å². The second kappa shape index (κ2) is 7.81. The lowest BCUT2D eigenvalue weighted by atomic mass is 10.2. The highest BCUT2D eigenvalue weighted by Crippen LogP contribution is 2.25. The highest BCUT2D eigenvalue weighted by atomic mass is 79.9. The van der Waals surface area contributed by atoms with E-state index in [0.717, 1.165) is 25.6 Å². The number of thiazole rings is 1. The van der Waals surface area contributed by atoms with Crippen molar-refractivity contribution in [3.63, 3.8) is 0 Å². The van der Waals surface area contributed by atoms with Crippen LogP contribution in [0.15, 0.2) is 53.0 Å². The monoisotopic (exact) mass is 458 g/mol. The molecule has 0 atom stereocenters. The molecule has 2 heterocycles. The van der Waals surface area contributed by atoms with Gasteiger partial charge in [0.25, 0.3) is 5.91 Å². The topological polar surface area (TPSA) is 59.3 Å². The van der Waals surface area contributed by atoms with E-state index in [1.165, 1.54) is 12.1 Å². The van der Waals surface area contributed by atoms with Crippen LogP contribution < -0.4 is 5.32 Å². The third-order valence-corrected chi connectivity index (χ3v) is 6.26. The van der Waals surface area contributed by atoms with E-state index in [1.807, 2.05) is 25.1 Å². The van der Waals surface area contributed by atoms with Gasteiger partial charge in [-0.2, -0.15) is 4.98 Å². The van der Waals surface area contributed by atoms with Crippen molar-refractivity contribution in [2.75, 3.05) is 6.54 Å². The van der Waals surface area contributed by atoms with Crippen LogP contribution in [0.4, 0.5) is 4.39 Å². The Hall–Kier alpha value is -2.58. The minimum absolute atomic E-state index is 0.108. The van der Waals surface area contributed by atoms with Crippen molar-refractivity contribution >= 4 is 38.1 Å². The molecule has 0 spiro atoms. The van der Waals surface area contributed by atoms with E-state index in [-0.39, 0.29) is 11.7 Å². The number of nitrogens with one attached hydrogen (secondary N) is 1. The minimum atomic E-state index is -0.284. The number of hydrogen-bond donors (Lipinski definition) is 1. The average Bonchev–Trinajstić information content (AvgIpc) is 3.22. The highest BCUT2D eigenvalue weighted by molar-refractivity contribution is 9.10.